The summed E-state index contributed by atoms with van der Waals surface area (Å²) in [6.07, 6.45) is 3.32. The van der Waals surface area contributed by atoms with Crippen LogP contribution in [0.1, 0.15) is 22.3 Å². The predicted octanol–water partition coefficient (Wildman–Crippen LogP) is 3.04. The maximum Gasteiger partial charge on any atom is 0.166 e. The molecule has 98 valence electrons. The van der Waals surface area contributed by atoms with E-state index >= 15 is 0 Å². The summed E-state index contributed by atoms with van der Waals surface area (Å²) in [5.41, 5.74) is 1.12. The van der Waals surface area contributed by atoms with Crippen LogP contribution in [-0.2, 0) is 6.42 Å². The van der Waals surface area contributed by atoms with Gasteiger partial charge in [0.1, 0.15) is 5.75 Å². The summed E-state index contributed by atoms with van der Waals surface area (Å²) in [4.78, 5) is 15.5. The Balaban J connectivity index is 1.98. The van der Waals surface area contributed by atoms with E-state index in [2.05, 4.69) is 4.98 Å². The monoisotopic (exact) mass is 259 g/mol. The molecule has 1 heterocycles. The molecule has 0 aliphatic rings. The molecular weight excluding hydrogens is 245 g/mol. The van der Waals surface area contributed by atoms with E-state index in [-0.39, 0.29) is 17.8 Å². The second-order valence-corrected chi connectivity index (χ2v) is 4.13. The lowest BCUT2D eigenvalue weighted by Crippen LogP contribution is -2.04. The molecule has 1 aromatic heterocycles. The molecule has 4 heteroatoms. The quantitative estimate of drug-likeness (QED) is 0.775. The van der Waals surface area contributed by atoms with Gasteiger partial charge in [0.2, 0.25) is 0 Å². The first-order chi connectivity index (χ1) is 9.20. The highest BCUT2D eigenvalue weighted by atomic mass is 19.1. The van der Waals surface area contributed by atoms with Crippen LogP contribution in [-0.4, -0.2) is 17.9 Å². The van der Waals surface area contributed by atoms with Gasteiger partial charge in [-0.15, -0.1) is 0 Å². The summed E-state index contributed by atoms with van der Waals surface area (Å²) in [7, 11) is 1.60. The van der Waals surface area contributed by atoms with Crippen molar-refractivity contribution in [1.29, 1.82) is 0 Å². The third-order valence-electron chi connectivity index (χ3n) is 2.87. The summed E-state index contributed by atoms with van der Waals surface area (Å²) in [6, 6.07) is 8.88. The highest BCUT2D eigenvalue weighted by Gasteiger charge is 2.11. The average molecular weight is 259 g/mol. The van der Waals surface area contributed by atoms with E-state index in [1.54, 1.807) is 7.11 Å². The van der Waals surface area contributed by atoms with Gasteiger partial charge in [-0.2, -0.15) is 0 Å². The van der Waals surface area contributed by atoms with Crippen molar-refractivity contribution in [3.05, 3.63) is 59.7 Å². The van der Waals surface area contributed by atoms with Crippen molar-refractivity contribution in [1.82, 2.24) is 4.98 Å². The number of nitrogens with zero attached hydrogens (tertiary/aromatic N) is 1. The predicted molar refractivity (Wildman–Crippen MR) is 69.8 cm³/mol. The Morgan fingerprint density at radius 1 is 1.26 bits per heavy atom. The second kappa shape index (κ2) is 6.09. The van der Waals surface area contributed by atoms with Gasteiger partial charge in [-0.3, -0.25) is 9.78 Å². The van der Waals surface area contributed by atoms with E-state index in [9.17, 15) is 9.18 Å². The maximum atomic E-state index is 13.4. The minimum Gasteiger partial charge on any atom is -0.497 e. The molecule has 3 nitrogen and oxygen atoms in total. The molecule has 2 aromatic rings. The molecular formula is C15H14FNO2. The normalized spacial score (nSPS) is 10.2. The van der Waals surface area contributed by atoms with E-state index in [1.807, 2.05) is 24.3 Å². The standard InChI is InChI=1S/C15H14FNO2/c1-19-12-5-2-11(3-6-12)4-7-15(18)13-8-9-17-10-14(13)16/h2-3,5-6,8-10H,4,7H2,1H3. The number of hydrogen-bond donors (Lipinski definition) is 0. The highest BCUT2D eigenvalue weighted by molar-refractivity contribution is 5.96. The van der Waals surface area contributed by atoms with E-state index in [0.717, 1.165) is 17.5 Å². The van der Waals surface area contributed by atoms with Crippen LogP contribution < -0.4 is 4.74 Å². The van der Waals surface area contributed by atoms with E-state index in [0.29, 0.717) is 6.42 Å². The van der Waals surface area contributed by atoms with Crippen LogP contribution in [0.2, 0.25) is 0 Å². The van der Waals surface area contributed by atoms with Crippen molar-refractivity contribution in [3.63, 3.8) is 0 Å². The van der Waals surface area contributed by atoms with Gasteiger partial charge in [0.25, 0.3) is 0 Å². The Bertz CT molecular complexity index is 567. The Hall–Kier alpha value is -2.23. The molecule has 0 aliphatic carbocycles. The van der Waals surface area contributed by atoms with Crippen LogP contribution in [0, 0.1) is 5.82 Å². The minimum atomic E-state index is -0.567. The first kappa shape index (κ1) is 13.2. The lowest BCUT2D eigenvalue weighted by Gasteiger charge is -2.04. The molecule has 0 fully saturated rings. The molecule has 19 heavy (non-hydrogen) atoms. The summed E-state index contributed by atoms with van der Waals surface area (Å²) in [5.74, 6) is -0.00629. The van der Waals surface area contributed by atoms with Gasteiger partial charge in [-0.25, -0.2) is 4.39 Å². The molecule has 0 saturated carbocycles. The van der Waals surface area contributed by atoms with Crippen LogP contribution in [0.4, 0.5) is 4.39 Å². The number of Topliss-reactive ketones (excluding diaryl/α,β-unsaturated/α-hetero) is 1. The van der Waals surface area contributed by atoms with E-state index in [1.165, 1.54) is 12.3 Å². The van der Waals surface area contributed by atoms with Crippen molar-refractivity contribution in [2.45, 2.75) is 12.8 Å². The number of ketones is 1. The molecule has 0 radical (unpaired) electrons. The van der Waals surface area contributed by atoms with Gasteiger partial charge >= 0.3 is 0 Å². The fourth-order valence-electron chi connectivity index (χ4n) is 1.79. The average Bonchev–Trinajstić information content (AvgIpc) is 2.46. The van der Waals surface area contributed by atoms with Gasteiger partial charge in [0.05, 0.1) is 18.9 Å². The lowest BCUT2D eigenvalue weighted by molar-refractivity contribution is 0.0979. The zero-order chi connectivity index (χ0) is 13.7. The number of ether oxygens (including phenoxy) is 1. The molecule has 0 amide bonds. The van der Waals surface area contributed by atoms with E-state index < -0.39 is 5.82 Å². The van der Waals surface area contributed by atoms with Crippen LogP contribution in [0.15, 0.2) is 42.7 Å². The summed E-state index contributed by atoms with van der Waals surface area (Å²) in [5, 5.41) is 0. The number of halogens is 1. The Morgan fingerprint density at radius 3 is 2.63 bits per heavy atom. The molecule has 0 bridgehead atoms. The molecule has 0 aliphatic heterocycles. The lowest BCUT2D eigenvalue weighted by atomic mass is 10.0. The van der Waals surface area contributed by atoms with Crippen molar-refractivity contribution in [2.24, 2.45) is 0 Å². The summed E-state index contributed by atoms with van der Waals surface area (Å²) >= 11 is 0. The number of pyridine rings is 1. The van der Waals surface area contributed by atoms with Crippen molar-refractivity contribution in [2.75, 3.05) is 7.11 Å². The Morgan fingerprint density at radius 2 is 2.00 bits per heavy atom. The fourth-order valence-corrected chi connectivity index (χ4v) is 1.79. The number of aryl methyl sites for hydroxylation is 1. The topological polar surface area (TPSA) is 39.2 Å². The van der Waals surface area contributed by atoms with Crippen LogP contribution >= 0.6 is 0 Å². The van der Waals surface area contributed by atoms with Crippen LogP contribution in [0.25, 0.3) is 0 Å². The molecule has 0 atom stereocenters. The molecule has 0 N–H and O–H groups in total. The van der Waals surface area contributed by atoms with Gasteiger partial charge in [-0.1, -0.05) is 12.1 Å². The summed E-state index contributed by atoms with van der Waals surface area (Å²) in [6.45, 7) is 0. The smallest absolute Gasteiger partial charge is 0.166 e. The first-order valence-corrected chi connectivity index (χ1v) is 5.96. The number of aromatic nitrogens is 1. The SMILES string of the molecule is COc1ccc(CCC(=O)c2ccncc2F)cc1. The molecule has 0 spiro atoms. The van der Waals surface area contributed by atoms with Crippen molar-refractivity contribution in [3.8, 4) is 5.75 Å². The van der Waals surface area contributed by atoms with Crippen molar-refractivity contribution >= 4 is 5.78 Å². The van der Waals surface area contributed by atoms with Gasteiger partial charge < -0.3 is 4.74 Å². The number of hydrogen-bond acceptors (Lipinski definition) is 3. The molecule has 1 aromatic carbocycles. The molecule has 2 rings (SSSR count). The fraction of sp³-hybridized carbons (Fsp3) is 0.200. The van der Waals surface area contributed by atoms with Crippen LogP contribution in [0.3, 0.4) is 0 Å². The minimum absolute atomic E-state index is 0.100. The van der Waals surface area contributed by atoms with Crippen LogP contribution in [0.5, 0.6) is 5.75 Å². The van der Waals surface area contributed by atoms with Gasteiger partial charge in [0, 0.05) is 12.6 Å². The number of benzene rings is 1. The van der Waals surface area contributed by atoms with Gasteiger partial charge in [0.15, 0.2) is 11.6 Å². The zero-order valence-electron chi connectivity index (χ0n) is 10.6. The van der Waals surface area contributed by atoms with E-state index in [4.69, 9.17) is 4.74 Å². The highest BCUT2D eigenvalue weighted by Crippen LogP contribution is 2.14. The molecule has 0 saturated heterocycles. The number of carbonyl (C=O) groups is 1. The second-order valence-electron chi connectivity index (χ2n) is 4.13. The largest absolute Gasteiger partial charge is 0.497 e. The number of methoxy groups -OCH3 is 1. The van der Waals surface area contributed by atoms with Gasteiger partial charge in [-0.05, 0) is 30.2 Å². The Kier molecular flexibility index (Phi) is 4.23. The maximum absolute atomic E-state index is 13.4. The molecule has 0 unspecified atom stereocenters. The number of rotatable bonds is 5. The first-order valence-electron chi connectivity index (χ1n) is 5.96. The van der Waals surface area contributed by atoms with Crippen molar-refractivity contribution < 1.29 is 13.9 Å². The number of carbonyl (C=O) groups excluding carboxylic acids is 1. The summed E-state index contributed by atoms with van der Waals surface area (Å²) < 4.78 is 18.4. The third kappa shape index (κ3) is 3.37. The zero-order valence-corrected chi connectivity index (χ0v) is 10.6. The third-order valence-corrected chi connectivity index (χ3v) is 2.87. The Labute approximate surface area is 111 Å².